The van der Waals surface area contributed by atoms with E-state index in [-0.39, 0.29) is 0 Å². The molecule has 5 rings (SSSR count). The molecule has 0 aliphatic carbocycles. The molecular weight excluding hydrogens is 434 g/mol. The van der Waals surface area contributed by atoms with Crippen LogP contribution in [0.1, 0.15) is 29.1 Å². The average Bonchev–Trinajstić information content (AvgIpc) is 3.33. The maximum absolute atomic E-state index is 5.28. The highest BCUT2D eigenvalue weighted by Crippen LogP contribution is 2.23. The Hall–Kier alpha value is -4.03. The van der Waals surface area contributed by atoms with E-state index in [0.29, 0.717) is 6.42 Å². The molecule has 0 atom stereocenters. The Morgan fingerprint density at radius 2 is 1.69 bits per heavy atom. The fourth-order valence-electron chi connectivity index (χ4n) is 4.15. The van der Waals surface area contributed by atoms with Crippen molar-refractivity contribution in [2.45, 2.75) is 25.8 Å². The molecule has 0 aliphatic heterocycles. The minimum absolute atomic E-state index is 0.704. The van der Waals surface area contributed by atoms with Crippen LogP contribution in [0.3, 0.4) is 0 Å². The third-order valence-electron chi connectivity index (χ3n) is 6.03. The predicted molar refractivity (Wildman–Crippen MR) is 138 cm³/mol. The Balaban J connectivity index is 1.18. The Bertz CT molecular complexity index is 1360. The van der Waals surface area contributed by atoms with Gasteiger partial charge in [0.1, 0.15) is 5.75 Å². The van der Waals surface area contributed by atoms with Gasteiger partial charge >= 0.3 is 0 Å². The number of nitrogens with one attached hydrogen (secondary N) is 1. The van der Waals surface area contributed by atoms with Crippen LogP contribution in [0.4, 0.5) is 0 Å². The third-order valence-corrected chi connectivity index (χ3v) is 6.03. The predicted octanol–water partition coefficient (Wildman–Crippen LogP) is 5.11. The SMILES string of the molecule is COc1ccc(-c2cccc3nc(Cc4ccc(CCCNCc5ccccn5)cc4)nn23)cc1. The van der Waals surface area contributed by atoms with Gasteiger partial charge in [-0.05, 0) is 79.0 Å². The molecule has 3 heterocycles. The van der Waals surface area contributed by atoms with Crippen molar-refractivity contribution in [3.63, 3.8) is 0 Å². The highest BCUT2D eigenvalue weighted by Gasteiger charge is 2.10. The van der Waals surface area contributed by atoms with E-state index >= 15 is 0 Å². The second-order valence-electron chi connectivity index (χ2n) is 8.53. The summed E-state index contributed by atoms with van der Waals surface area (Å²) in [6, 6.07) is 28.9. The van der Waals surface area contributed by atoms with Gasteiger partial charge in [-0.15, -0.1) is 0 Å². The topological polar surface area (TPSA) is 64.3 Å². The summed E-state index contributed by atoms with van der Waals surface area (Å²) in [5, 5.41) is 8.27. The van der Waals surface area contributed by atoms with E-state index < -0.39 is 0 Å². The van der Waals surface area contributed by atoms with Crippen LogP contribution in [-0.2, 0) is 19.4 Å². The number of fused-ring (bicyclic) bond motifs is 1. The monoisotopic (exact) mass is 463 g/mol. The molecule has 0 aliphatic rings. The highest BCUT2D eigenvalue weighted by atomic mass is 16.5. The number of benzene rings is 2. The van der Waals surface area contributed by atoms with Crippen LogP contribution >= 0.6 is 0 Å². The lowest BCUT2D eigenvalue weighted by atomic mass is 10.1. The lowest BCUT2D eigenvalue weighted by Gasteiger charge is -2.06. The van der Waals surface area contributed by atoms with E-state index in [1.165, 1.54) is 11.1 Å². The van der Waals surface area contributed by atoms with Crippen LogP contribution in [0, 0.1) is 0 Å². The lowest BCUT2D eigenvalue weighted by Crippen LogP contribution is -2.16. The fraction of sp³-hybridized carbons (Fsp3) is 0.207. The summed E-state index contributed by atoms with van der Waals surface area (Å²) in [5.41, 5.74) is 6.57. The number of hydrogen-bond donors (Lipinski definition) is 1. The normalized spacial score (nSPS) is 11.1. The zero-order valence-electron chi connectivity index (χ0n) is 19.9. The number of ether oxygens (including phenoxy) is 1. The van der Waals surface area contributed by atoms with Gasteiger partial charge in [-0.3, -0.25) is 4.98 Å². The Kier molecular flexibility index (Phi) is 7.10. The number of nitrogens with zero attached hydrogens (tertiary/aromatic N) is 4. The van der Waals surface area contributed by atoms with Gasteiger partial charge in [0, 0.05) is 24.7 Å². The van der Waals surface area contributed by atoms with Crippen LogP contribution in [0.2, 0.25) is 0 Å². The van der Waals surface area contributed by atoms with Crippen molar-refractivity contribution in [2.24, 2.45) is 0 Å². The van der Waals surface area contributed by atoms with Gasteiger partial charge < -0.3 is 10.1 Å². The number of aryl methyl sites for hydroxylation is 1. The zero-order valence-corrected chi connectivity index (χ0v) is 19.9. The summed E-state index contributed by atoms with van der Waals surface area (Å²) in [4.78, 5) is 9.10. The van der Waals surface area contributed by atoms with Crippen molar-refractivity contribution in [1.29, 1.82) is 0 Å². The molecule has 0 amide bonds. The van der Waals surface area contributed by atoms with E-state index in [9.17, 15) is 0 Å². The first-order chi connectivity index (χ1) is 17.3. The molecular formula is C29H29N5O. The van der Waals surface area contributed by atoms with Gasteiger partial charge in [0.05, 0.1) is 18.5 Å². The molecule has 0 spiro atoms. The summed E-state index contributed by atoms with van der Waals surface area (Å²) in [6.45, 7) is 1.78. The quantitative estimate of drug-likeness (QED) is 0.292. The van der Waals surface area contributed by atoms with Crippen molar-refractivity contribution in [3.05, 3.63) is 114 Å². The number of hydrogen-bond acceptors (Lipinski definition) is 5. The number of rotatable bonds is 10. The van der Waals surface area contributed by atoms with Crippen molar-refractivity contribution >= 4 is 5.65 Å². The molecule has 35 heavy (non-hydrogen) atoms. The molecule has 0 saturated carbocycles. The molecule has 0 fully saturated rings. The largest absolute Gasteiger partial charge is 0.497 e. The molecule has 0 bridgehead atoms. The molecule has 0 unspecified atom stereocenters. The van der Waals surface area contributed by atoms with Gasteiger partial charge in [-0.2, -0.15) is 5.10 Å². The Morgan fingerprint density at radius 3 is 2.46 bits per heavy atom. The first-order valence-corrected chi connectivity index (χ1v) is 12.0. The smallest absolute Gasteiger partial charge is 0.156 e. The summed E-state index contributed by atoms with van der Waals surface area (Å²) < 4.78 is 7.20. The van der Waals surface area contributed by atoms with Crippen molar-refractivity contribution in [3.8, 4) is 17.0 Å². The number of aromatic nitrogens is 4. The highest BCUT2D eigenvalue weighted by molar-refractivity contribution is 5.63. The minimum Gasteiger partial charge on any atom is -0.497 e. The number of methoxy groups -OCH3 is 1. The first kappa shape index (κ1) is 22.7. The van der Waals surface area contributed by atoms with E-state index in [1.807, 2.05) is 65.3 Å². The van der Waals surface area contributed by atoms with Crippen LogP contribution in [-0.4, -0.2) is 33.2 Å². The third kappa shape index (κ3) is 5.73. The average molecular weight is 464 g/mol. The molecule has 6 heteroatoms. The van der Waals surface area contributed by atoms with E-state index in [1.54, 1.807) is 7.11 Å². The molecule has 0 saturated heterocycles. The van der Waals surface area contributed by atoms with Crippen LogP contribution < -0.4 is 10.1 Å². The van der Waals surface area contributed by atoms with E-state index in [4.69, 9.17) is 14.8 Å². The molecule has 2 aromatic carbocycles. The molecule has 5 aromatic rings. The second-order valence-corrected chi connectivity index (χ2v) is 8.53. The molecule has 6 nitrogen and oxygen atoms in total. The second kappa shape index (κ2) is 10.9. The zero-order chi connectivity index (χ0) is 23.9. The van der Waals surface area contributed by atoms with Gasteiger partial charge in [-0.1, -0.05) is 36.4 Å². The minimum atomic E-state index is 0.704. The van der Waals surface area contributed by atoms with Crippen LogP contribution in [0.25, 0.3) is 16.9 Å². The Morgan fingerprint density at radius 1 is 0.857 bits per heavy atom. The molecule has 176 valence electrons. The summed E-state index contributed by atoms with van der Waals surface area (Å²) in [7, 11) is 1.67. The van der Waals surface area contributed by atoms with Crippen molar-refractivity contribution in [1.82, 2.24) is 24.9 Å². The first-order valence-electron chi connectivity index (χ1n) is 12.0. The fourth-order valence-corrected chi connectivity index (χ4v) is 4.15. The molecule has 0 radical (unpaired) electrons. The van der Waals surface area contributed by atoms with Gasteiger partial charge in [0.25, 0.3) is 0 Å². The van der Waals surface area contributed by atoms with Crippen LogP contribution in [0.15, 0.2) is 91.1 Å². The Labute approximate surface area is 205 Å². The van der Waals surface area contributed by atoms with Gasteiger partial charge in [0.15, 0.2) is 11.5 Å². The number of pyridine rings is 2. The van der Waals surface area contributed by atoms with Crippen molar-refractivity contribution < 1.29 is 4.74 Å². The van der Waals surface area contributed by atoms with Crippen LogP contribution in [0.5, 0.6) is 5.75 Å². The van der Waals surface area contributed by atoms with Gasteiger partial charge in [-0.25, -0.2) is 9.50 Å². The molecule has 3 aromatic heterocycles. The summed E-state index contributed by atoms with van der Waals surface area (Å²) in [6.07, 6.45) is 4.68. The summed E-state index contributed by atoms with van der Waals surface area (Å²) >= 11 is 0. The lowest BCUT2D eigenvalue weighted by molar-refractivity contribution is 0.415. The summed E-state index contributed by atoms with van der Waals surface area (Å²) in [5.74, 6) is 1.65. The molecule has 1 N–H and O–H groups in total. The standard InChI is InChI=1S/C29H29N5O/c1-35-26-16-14-24(15-17-26)27-8-4-9-29-32-28(33-34(27)29)20-23-12-10-22(11-13-23)6-5-18-30-21-25-7-2-3-19-31-25/h2-4,7-17,19,30H,5-6,18,20-21H2,1H3. The maximum Gasteiger partial charge on any atom is 0.156 e. The maximum atomic E-state index is 5.28. The van der Waals surface area contributed by atoms with E-state index in [2.05, 4.69) is 40.6 Å². The van der Waals surface area contributed by atoms with E-state index in [0.717, 1.165) is 60.1 Å². The van der Waals surface area contributed by atoms with Crippen molar-refractivity contribution in [2.75, 3.05) is 13.7 Å². The van der Waals surface area contributed by atoms with Gasteiger partial charge in [0.2, 0.25) is 0 Å².